The Morgan fingerprint density at radius 2 is 1.87 bits per heavy atom. The summed E-state index contributed by atoms with van der Waals surface area (Å²) in [5, 5.41) is 6.21. The first kappa shape index (κ1) is 17.8. The molecule has 0 heterocycles. The molecule has 0 aliphatic heterocycles. The van der Waals surface area contributed by atoms with Gasteiger partial charge >= 0.3 is 6.18 Å². The number of halogens is 3. The molecule has 1 aromatic carbocycles. The van der Waals surface area contributed by atoms with Gasteiger partial charge in [-0.2, -0.15) is 13.2 Å². The van der Waals surface area contributed by atoms with Gasteiger partial charge in [0.2, 0.25) is 5.91 Å². The topological polar surface area (TPSA) is 41.1 Å². The molecule has 0 bridgehead atoms. The summed E-state index contributed by atoms with van der Waals surface area (Å²) < 4.78 is 37.7. The van der Waals surface area contributed by atoms with Crippen LogP contribution < -0.4 is 10.6 Å². The molecule has 1 fully saturated rings. The lowest BCUT2D eigenvalue weighted by Crippen LogP contribution is -2.30. The summed E-state index contributed by atoms with van der Waals surface area (Å²) in [5.41, 5.74) is 0.396. The molecule has 1 aromatic rings. The predicted molar refractivity (Wildman–Crippen MR) is 83.1 cm³/mol. The fourth-order valence-corrected chi connectivity index (χ4v) is 3.07. The van der Waals surface area contributed by atoms with Crippen molar-refractivity contribution in [1.29, 1.82) is 0 Å². The molecule has 6 heteroatoms. The lowest BCUT2D eigenvalue weighted by Gasteiger charge is -2.14. The minimum atomic E-state index is -4.27. The molecule has 2 rings (SSSR count). The number of rotatable bonds is 6. The smallest absolute Gasteiger partial charge is 0.356 e. The summed E-state index contributed by atoms with van der Waals surface area (Å²) in [6.45, 7) is 3.00. The first-order valence-corrected chi connectivity index (χ1v) is 8.01. The predicted octanol–water partition coefficient (Wildman–Crippen LogP) is 3.46. The van der Waals surface area contributed by atoms with Gasteiger partial charge in [-0.25, -0.2) is 0 Å². The summed E-state index contributed by atoms with van der Waals surface area (Å²) in [5.74, 6) is 0.304. The molecule has 1 aliphatic rings. The molecule has 0 aromatic heterocycles. The minimum Gasteiger partial charge on any atom is -0.356 e. The minimum absolute atomic E-state index is 0.0202. The van der Waals surface area contributed by atoms with Crippen molar-refractivity contribution in [2.75, 3.05) is 13.1 Å². The van der Waals surface area contributed by atoms with Crippen LogP contribution in [0.25, 0.3) is 0 Å². The van der Waals surface area contributed by atoms with Crippen molar-refractivity contribution in [3.05, 3.63) is 35.4 Å². The van der Waals surface area contributed by atoms with E-state index < -0.39 is 11.7 Å². The molecule has 0 radical (unpaired) electrons. The van der Waals surface area contributed by atoms with E-state index in [1.54, 1.807) is 12.1 Å². The van der Waals surface area contributed by atoms with Gasteiger partial charge in [-0.1, -0.05) is 12.1 Å². The first-order chi connectivity index (χ1) is 10.9. The molecule has 23 heavy (non-hydrogen) atoms. The number of nitrogens with one attached hydrogen (secondary N) is 2. The zero-order valence-corrected chi connectivity index (χ0v) is 13.2. The highest BCUT2D eigenvalue weighted by molar-refractivity contribution is 5.72. The fraction of sp³-hybridized carbons (Fsp3) is 0.588. The van der Waals surface area contributed by atoms with Crippen LogP contribution in [0.1, 0.15) is 49.7 Å². The van der Waals surface area contributed by atoms with E-state index in [0.29, 0.717) is 18.5 Å². The van der Waals surface area contributed by atoms with E-state index in [-0.39, 0.29) is 5.91 Å². The van der Waals surface area contributed by atoms with E-state index in [0.717, 1.165) is 37.8 Å². The maximum absolute atomic E-state index is 12.6. The SMILES string of the molecule is CC(=O)NCCCN[C@H]1CC[C@H](c2ccc(C(F)(F)F)cc2)C1. The van der Waals surface area contributed by atoms with Gasteiger partial charge in [0.1, 0.15) is 0 Å². The molecule has 0 saturated heterocycles. The standard InChI is InChI=1S/C17H23F3N2O/c1-12(23)21-9-2-10-22-16-8-5-14(11-16)13-3-6-15(7-4-13)17(18,19)20/h3-4,6-7,14,16,22H,2,5,8-11H2,1H3,(H,21,23)/t14-,16-/m0/s1. The average Bonchev–Trinajstić information content (AvgIpc) is 2.95. The largest absolute Gasteiger partial charge is 0.416 e. The van der Waals surface area contributed by atoms with Crippen LogP contribution in [-0.2, 0) is 11.0 Å². The Morgan fingerprint density at radius 3 is 2.48 bits per heavy atom. The Balaban J connectivity index is 1.75. The summed E-state index contributed by atoms with van der Waals surface area (Å²) in [6, 6.07) is 5.95. The van der Waals surface area contributed by atoms with Gasteiger partial charge in [-0.15, -0.1) is 0 Å². The zero-order valence-electron chi connectivity index (χ0n) is 13.2. The molecule has 0 spiro atoms. The van der Waals surface area contributed by atoms with Crippen LogP contribution in [0.2, 0.25) is 0 Å². The third kappa shape index (κ3) is 5.53. The van der Waals surface area contributed by atoms with Gasteiger partial charge in [0.05, 0.1) is 5.56 Å². The van der Waals surface area contributed by atoms with Crippen molar-refractivity contribution in [2.24, 2.45) is 0 Å². The quantitative estimate of drug-likeness (QED) is 0.785. The zero-order chi connectivity index (χ0) is 16.9. The van der Waals surface area contributed by atoms with E-state index in [2.05, 4.69) is 10.6 Å². The van der Waals surface area contributed by atoms with Crippen molar-refractivity contribution in [2.45, 2.75) is 50.7 Å². The highest BCUT2D eigenvalue weighted by Crippen LogP contribution is 2.36. The number of carbonyl (C=O) groups excluding carboxylic acids is 1. The molecule has 1 saturated carbocycles. The monoisotopic (exact) mass is 328 g/mol. The first-order valence-electron chi connectivity index (χ1n) is 8.01. The van der Waals surface area contributed by atoms with E-state index in [4.69, 9.17) is 0 Å². The van der Waals surface area contributed by atoms with Crippen molar-refractivity contribution in [1.82, 2.24) is 10.6 Å². The van der Waals surface area contributed by atoms with E-state index >= 15 is 0 Å². The van der Waals surface area contributed by atoms with Crippen LogP contribution in [0.15, 0.2) is 24.3 Å². The Kier molecular flexibility index (Phi) is 6.04. The van der Waals surface area contributed by atoms with E-state index in [1.165, 1.54) is 19.1 Å². The van der Waals surface area contributed by atoms with Crippen molar-refractivity contribution >= 4 is 5.91 Å². The molecular weight excluding hydrogens is 305 g/mol. The average molecular weight is 328 g/mol. The molecular formula is C17H23F3N2O. The van der Waals surface area contributed by atoms with Crippen molar-refractivity contribution in [3.63, 3.8) is 0 Å². The lowest BCUT2D eigenvalue weighted by atomic mass is 9.96. The number of carbonyl (C=O) groups is 1. The number of benzene rings is 1. The number of amides is 1. The maximum Gasteiger partial charge on any atom is 0.416 e. The Hall–Kier alpha value is -1.56. The summed E-state index contributed by atoms with van der Waals surface area (Å²) in [6.07, 6.45) is -0.417. The van der Waals surface area contributed by atoms with Gasteiger partial charge in [0, 0.05) is 19.5 Å². The van der Waals surface area contributed by atoms with Crippen LogP contribution in [0.5, 0.6) is 0 Å². The number of hydrogen-bond donors (Lipinski definition) is 2. The van der Waals surface area contributed by atoms with Crippen LogP contribution in [0.3, 0.4) is 0 Å². The van der Waals surface area contributed by atoms with Crippen molar-refractivity contribution < 1.29 is 18.0 Å². The third-order valence-electron chi connectivity index (χ3n) is 4.30. The van der Waals surface area contributed by atoms with Crippen LogP contribution in [0.4, 0.5) is 13.2 Å². The van der Waals surface area contributed by atoms with Crippen molar-refractivity contribution in [3.8, 4) is 0 Å². The molecule has 2 N–H and O–H groups in total. The van der Waals surface area contributed by atoms with Gasteiger partial charge in [0.15, 0.2) is 0 Å². The van der Waals surface area contributed by atoms with Crippen LogP contribution >= 0.6 is 0 Å². The second kappa shape index (κ2) is 7.81. The number of hydrogen-bond acceptors (Lipinski definition) is 2. The highest BCUT2D eigenvalue weighted by atomic mass is 19.4. The van der Waals surface area contributed by atoms with E-state index in [9.17, 15) is 18.0 Å². The summed E-state index contributed by atoms with van der Waals surface area (Å²) in [7, 11) is 0. The number of alkyl halides is 3. The summed E-state index contributed by atoms with van der Waals surface area (Å²) in [4.78, 5) is 10.7. The second-order valence-electron chi connectivity index (χ2n) is 6.12. The van der Waals surface area contributed by atoms with Gasteiger partial charge in [0.25, 0.3) is 0 Å². The Labute approximate surface area is 134 Å². The summed E-state index contributed by atoms with van der Waals surface area (Å²) >= 11 is 0. The van der Waals surface area contributed by atoms with Crippen LogP contribution in [-0.4, -0.2) is 25.0 Å². The Bertz CT molecular complexity index is 514. The van der Waals surface area contributed by atoms with E-state index in [1.807, 2.05) is 0 Å². The van der Waals surface area contributed by atoms with Crippen LogP contribution in [0, 0.1) is 0 Å². The molecule has 2 atom stereocenters. The highest BCUT2D eigenvalue weighted by Gasteiger charge is 2.31. The van der Waals surface area contributed by atoms with Gasteiger partial charge < -0.3 is 10.6 Å². The molecule has 0 unspecified atom stereocenters. The maximum atomic E-state index is 12.6. The molecule has 1 amide bonds. The molecule has 1 aliphatic carbocycles. The lowest BCUT2D eigenvalue weighted by molar-refractivity contribution is -0.137. The van der Waals surface area contributed by atoms with Gasteiger partial charge in [-0.05, 0) is 55.8 Å². The normalized spacial score (nSPS) is 21.4. The van der Waals surface area contributed by atoms with Gasteiger partial charge in [-0.3, -0.25) is 4.79 Å². The third-order valence-corrected chi connectivity index (χ3v) is 4.30. The fourth-order valence-electron chi connectivity index (χ4n) is 3.07. The molecule has 128 valence electrons. The Morgan fingerprint density at radius 1 is 1.17 bits per heavy atom. The second-order valence-corrected chi connectivity index (χ2v) is 6.12. The molecule has 3 nitrogen and oxygen atoms in total.